The third-order valence-corrected chi connectivity index (χ3v) is 2.36. The second-order valence-electron chi connectivity index (χ2n) is 3.50. The van der Waals surface area contributed by atoms with E-state index in [0.29, 0.717) is 13.1 Å². The van der Waals surface area contributed by atoms with E-state index in [1.165, 1.54) is 4.90 Å². The minimum Gasteiger partial charge on any atom is -0.395 e. The zero-order valence-corrected chi connectivity index (χ0v) is 8.61. The zero-order chi connectivity index (χ0) is 11.3. The molecule has 0 bridgehead atoms. The number of rotatable bonds is 5. The van der Waals surface area contributed by atoms with Crippen molar-refractivity contribution in [3.8, 4) is 0 Å². The van der Waals surface area contributed by atoms with Gasteiger partial charge < -0.3 is 15.3 Å². The molecule has 0 saturated carbocycles. The van der Waals surface area contributed by atoms with Gasteiger partial charge in [0.15, 0.2) is 0 Å². The quantitative estimate of drug-likeness (QED) is 0.582. The number of hydrogen-bond acceptors (Lipinski definition) is 3. The minimum absolute atomic E-state index is 0.0757. The zero-order valence-electron chi connectivity index (χ0n) is 8.61. The number of hydrogen-bond donors (Lipinski definition) is 2. The summed E-state index contributed by atoms with van der Waals surface area (Å²) in [7, 11) is 0. The fraction of sp³-hybridized carbons (Fsp3) is 0.600. The second kappa shape index (κ2) is 5.50. The van der Waals surface area contributed by atoms with Crippen LogP contribution in [0.15, 0.2) is 12.7 Å². The second-order valence-corrected chi connectivity index (χ2v) is 3.50. The smallest absolute Gasteiger partial charge is 0.228 e. The Bertz CT molecular complexity index is 265. The first kappa shape index (κ1) is 11.7. The van der Waals surface area contributed by atoms with Crippen LogP contribution >= 0.6 is 0 Å². The molecular formula is C10H16N2O3. The van der Waals surface area contributed by atoms with Crippen molar-refractivity contribution in [2.45, 2.75) is 6.42 Å². The van der Waals surface area contributed by atoms with Crippen molar-refractivity contribution in [1.82, 2.24) is 10.2 Å². The SMILES string of the molecule is C=CCN(CCO)C(=O)C1CNC(=O)C1. The van der Waals surface area contributed by atoms with Gasteiger partial charge in [0.05, 0.1) is 12.5 Å². The van der Waals surface area contributed by atoms with Crippen LogP contribution < -0.4 is 5.32 Å². The average Bonchev–Trinajstić information content (AvgIpc) is 2.63. The summed E-state index contributed by atoms with van der Waals surface area (Å²) in [6.45, 7) is 4.57. The van der Waals surface area contributed by atoms with Crippen LogP contribution in [0.4, 0.5) is 0 Å². The Labute approximate surface area is 88.8 Å². The number of carbonyl (C=O) groups is 2. The molecule has 1 aliphatic rings. The molecule has 5 heteroatoms. The molecule has 1 heterocycles. The summed E-state index contributed by atoms with van der Waals surface area (Å²) in [6, 6.07) is 0. The Morgan fingerprint density at radius 2 is 2.47 bits per heavy atom. The van der Waals surface area contributed by atoms with Crippen molar-refractivity contribution >= 4 is 11.8 Å². The lowest BCUT2D eigenvalue weighted by Crippen LogP contribution is -2.38. The molecule has 5 nitrogen and oxygen atoms in total. The van der Waals surface area contributed by atoms with Gasteiger partial charge in [0.25, 0.3) is 0 Å². The van der Waals surface area contributed by atoms with Gasteiger partial charge in [0, 0.05) is 26.1 Å². The Morgan fingerprint density at radius 3 is 2.93 bits per heavy atom. The van der Waals surface area contributed by atoms with Crippen LogP contribution in [0.5, 0.6) is 0 Å². The third kappa shape index (κ3) is 3.06. The van der Waals surface area contributed by atoms with Gasteiger partial charge in [-0.25, -0.2) is 0 Å². The number of nitrogens with zero attached hydrogens (tertiary/aromatic N) is 1. The van der Waals surface area contributed by atoms with E-state index in [2.05, 4.69) is 11.9 Å². The number of nitrogens with one attached hydrogen (secondary N) is 1. The van der Waals surface area contributed by atoms with Gasteiger partial charge in [-0.1, -0.05) is 6.08 Å². The third-order valence-electron chi connectivity index (χ3n) is 2.36. The predicted molar refractivity (Wildman–Crippen MR) is 55.0 cm³/mol. The van der Waals surface area contributed by atoms with Crippen LogP contribution in [0.1, 0.15) is 6.42 Å². The molecule has 1 unspecified atom stereocenters. The molecule has 15 heavy (non-hydrogen) atoms. The van der Waals surface area contributed by atoms with Crippen LogP contribution in [-0.2, 0) is 9.59 Å². The van der Waals surface area contributed by atoms with Crippen LogP contribution in [0.25, 0.3) is 0 Å². The summed E-state index contributed by atoms with van der Waals surface area (Å²) in [5.74, 6) is -0.470. The van der Waals surface area contributed by atoms with Crippen molar-refractivity contribution in [2.75, 3.05) is 26.2 Å². The molecule has 2 amide bonds. The standard InChI is InChI=1S/C10H16N2O3/c1-2-3-12(4-5-13)10(15)8-6-9(14)11-7-8/h2,8,13H,1,3-7H2,(H,11,14). The predicted octanol–water partition coefficient (Wildman–Crippen LogP) is -0.871. The topological polar surface area (TPSA) is 69.6 Å². The Morgan fingerprint density at radius 1 is 1.73 bits per heavy atom. The highest BCUT2D eigenvalue weighted by molar-refractivity contribution is 5.89. The van der Waals surface area contributed by atoms with Crippen molar-refractivity contribution in [2.24, 2.45) is 5.92 Å². The molecular weight excluding hydrogens is 196 g/mol. The van der Waals surface area contributed by atoms with Crippen molar-refractivity contribution in [3.63, 3.8) is 0 Å². The lowest BCUT2D eigenvalue weighted by atomic mass is 10.1. The maximum absolute atomic E-state index is 11.8. The van der Waals surface area contributed by atoms with Crippen LogP contribution in [0.3, 0.4) is 0 Å². The van der Waals surface area contributed by atoms with E-state index in [-0.39, 0.29) is 37.3 Å². The van der Waals surface area contributed by atoms with Crippen molar-refractivity contribution < 1.29 is 14.7 Å². The lowest BCUT2D eigenvalue weighted by Gasteiger charge is -2.22. The van der Waals surface area contributed by atoms with Gasteiger partial charge in [-0.2, -0.15) is 0 Å². The first-order valence-corrected chi connectivity index (χ1v) is 4.96. The van der Waals surface area contributed by atoms with Crippen LogP contribution in [0, 0.1) is 5.92 Å². The van der Waals surface area contributed by atoms with Gasteiger partial charge >= 0.3 is 0 Å². The van der Waals surface area contributed by atoms with E-state index in [9.17, 15) is 9.59 Å². The summed E-state index contributed by atoms with van der Waals surface area (Å²) in [5.41, 5.74) is 0. The number of carbonyl (C=O) groups excluding carboxylic acids is 2. The molecule has 84 valence electrons. The summed E-state index contributed by atoms with van der Waals surface area (Å²) >= 11 is 0. The number of aliphatic hydroxyl groups is 1. The highest BCUT2D eigenvalue weighted by Gasteiger charge is 2.30. The highest BCUT2D eigenvalue weighted by atomic mass is 16.3. The van der Waals surface area contributed by atoms with E-state index in [4.69, 9.17) is 5.11 Å². The highest BCUT2D eigenvalue weighted by Crippen LogP contribution is 2.12. The number of amides is 2. The van der Waals surface area contributed by atoms with Gasteiger partial charge in [-0.05, 0) is 0 Å². The Balaban J connectivity index is 2.54. The van der Waals surface area contributed by atoms with E-state index < -0.39 is 0 Å². The fourth-order valence-electron chi connectivity index (χ4n) is 1.61. The van der Waals surface area contributed by atoms with Crippen molar-refractivity contribution in [1.29, 1.82) is 0 Å². The molecule has 2 N–H and O–H groups in total. The first-order chi connectivity index (χ1) is 7.19. The van der Waals surface area contributed by atoms with E-state index in [0.717, 1.165) is 0 Å². The molecule has 0 radical (unpaired) electrons. The maximum atomic E-state index is 11.8. The van der Waals surface area contributed by atoms with Gasteiger partial charge in [0.1, 0.15) is 0 Å². The molecule has 1 atom stereocenters. The normalized spacial score (nSPS) is 19.8. The first-order valence-electron chi connectivity index (χ1n) is 4.96. The molecule has 0 aromatic heterocycles. The summed E-state index contributed by atoms with van der Waals surface area (Å²) < 4.78 is 0. The molecule has 0 aliphatic carbocycles. The van der Waals surface area contributed by atoms with Crippen LogP contribution in [-0.4, -0.2) is 48.1 Å². The Hall–Kier alpha value is -1.36. The Kier molecular flexibility index (Phi) is 4.30. The summed E-state index contributed by atoms with van der Waals surface area (Å²) in [4.78, 5) is 24.3. The van der Waals surface area contributed by atoms with Crippen LogP contribution in [0.2, 0.25) is 0 Å². The summed E-state index contributed by atoms with van der Waals surface area (Å²) in [6.07, 6.45) is 1.86. The van der Waals surface area contributed by atoms with Gasteiger partial charge in [-0.3, -0.25) is 9.59 Å². The molecule has 1 aliphatic heterocycles. The van der Waals surface area contributed by atoms with Crippen molar-refractivity contribution in [3.05, 3.63) is 12.7 Å². The lowest BCUT2D eigenvalue weighted by molar-refractivity contribution is -0.135. The maximum Gasteiger partial charge on any atom is 0.228 e. The number of aliphatic hydroxyl groups excluding tert-OH is 1. The van der Waals surface area contributed by atoms with Gasteiger partial charge in [0.2, 0.25) is 11.8 Å². The monoisotopic (exact) mass is 212 g/mol. The largest absolute Gasteiger partial charge is 0.395 e. The van der Waals surface area contributed by atoms with E-state index >= 15 is 0 Å². The summed E-state index contributed by atoms with van der Waals surface area (Å²) in [5, 5.41) is 11.4. The molecule has 0 aromatic carbocycles. The molecule has 0 aromatic rings. The van der Waals surface area contributed by atoms with Gasteiger partial charge in [-0.15, -0.1) is 6.58 Å². The molecule has 1 rings (SSSR count). The van der Waals surface area contributed by atoms with E-state index in [1.54, 1.807) is 6.08 Å². The molecule has 1 fully saturated rings. The average molecular weight is 212 g/mol. The fourth-order valence-corrected chi connectivity index (χ4v) is 1.61. The van der Waals surface area contributed by atoms with E-state index in [1.807, 2.05) is 0 Å². The minimum atomic E-state index is -0.288. The molecule has 1 saturated heterocycles. The molecule has 0 spiro atoms.